The molecule has 0 heterocycles. The Morgan fingerprint density at radius 3 is 2.56 bits per heavy atom. The summed E-state index contributed by atoms with van der Waals surface area (Å²) < 4.78 is 11.3. The van der Waals surface area contributed by atoms with Gasteiger partial charge in [0.25, 0.3) is 0 Å². The lowest BCUT2D eigenvalue weighted by atomic mass is 9.99. The summed E-state index contributed by atoms with van der Waals surface area (Å²) in [5, 5.41) is 11.8. The number of aliphatic hydroxyl groups is 1. The van der Waals surface area contributed by atoms with E-state index >= 15 is 0 Å². The number of fused-ring (bicyclic) bond motifs is 1. The molecule has 0 aromatic heterocycles. The molecular formula is C32H39Cl2NO4. The zero-order valence-corrected chi connectivity index (χ0v) is 24.5. The second-order valence-electron chi connectivity index (χ2n) is 10.5. The zero-order chi connectivity index (χ0) is 27.1. The van der Waals surface area contributed by atoms with Gasteiger partial charge in [-0.05, 0) is 93.0 Å². The molecular weight excluding hydrogens is 533 g/mol. The maximum Gasteiger partial charge on any atom is 0.349 e. The van der Waals surface area contributed by atoms with Crippen molar-refractivity contribution in [1.29, 1.82) is 0 Å². The third kappa shape index (κ3) is 8.46. The van der Waals surface area contributed by atoms with Crippen molar-refractivity contribution in [1.82, 2.24) is 4.90 Å². The third-order valence-corrected chi connectivity index (χ3v) is 7.38. The smallest absolute Gasteiger partial charge is 0.349 e. The van der Waals surface area contributed by atoms with Crippen molar-refractivity contribution in [3.05, 3.63) is 100 Å². The van der Waals surface area contributed by atoms with E-state index in [1.807, 2.05) is 36.4 Å². The van der Waals surface area contributed by atoms with E-state index in [4.69, 9.17) is 21.1 Å². The predicted octanol–water partition coefficient (Wildman–Crippen LogP) is 6.97. The first kappa shape index (κ1) is 31.0. The van der Waals surface area contributed by atoms with E-state index in [0.29, 0.717) is 23.9 Å². The molecule has 0 saturated carbocycles. The number of aliphatic hydroxyl groups excluding tert-OH is 1. The topological polar surface area (TPSA) is 59.0 Å². The van der Waals surface area contributed by atoms with Gasteiger partial charge in [-0.1, -0.05) is 60.1 Å². The molecule has 39 heavy (non-hydrogen) atoms. The van der Waals surface area contributed by atoms with E-state index in [1.54, 1.807) is 20.8 Å². The number of ether oxygens (including phenoxy) is 2. The molecule has 3 aromatic carbocycles. The van der Waals surface area contributed by atoms with E-state index in [0.717, 1.165) is 37.8 Å². The first-order valence-corrected chi connectivity index (χ1v) is 13.8. The molecule has 7 heteroatoms. The Hall–Kier alpha value is -2.57. The Labute approximate surface area is 243 Å². The highest BCUT2D eigenvalue weighted by Gasteiger charge is 2.32. The van der Waals surface area contributed by atoms with Crippen LogP contribution < -0.4 is 4.74 Å². The van der Waals surface area contributed by atoms with Crippen LogP contribution in [-0.4, -0.2) is 40.8 Å². The Balaban J connectivity index is 0.00000420. The molecule has 0 fully saturated rings. The van der Waals surface area contributed by atoms with Gasteiger partial charge in [-0.2, -0.15) is 0 Å². The highest BCUT2D eigenvalue weighted by Crippen LogP contribution is 2.31. The van der Waals surface area contributed by atoms with Gasteiger partial charge in [0.1, 0.15) is 5.75 Å². The van der Waals surface area contributed by atoms with E-state index in [2.05, 4.69) is 41.3 Å². The monoisotopic (exact) mass is 571 g/mol. The molecule has 0 radical (unpaired) electrons. The van der Waals surface area contributed by atoms with Crippen LogP contribution in [0.25, 0.3) is 0 Å². The molecule has 4 rings (SSSR count). The number of carbonyl (C=O) groups excluding carboxylic acids is 1. The Bertz CT molecular complexity index is 1220. The van der Waals surface area contributed by atoms with Crippen LogP contribution in [0, 0.1) is 0 Å². The first-order chi connectivity index (χ1) is 18.2. The molecule has 3 aromatic rings. The van der Waals surface area contributed by atoms with Crippen molar-refractivity contribution in [2.75, 3.05) is 13.2 Å². The Morgan fingerprint density at radius 2 is 1.85 bits per heavy atom. The van der Waals surface area contributed by atoms with Gasteiger partial charge in [0, 0.05) is 24.2 Å². The predicted molar refractivity (Wildman–Crippen MR) is 159 cm³/mol. The number of halogens is 2. The number of carbonyl (C=O) groups is 1. The van der Waals surface area contributed by atoms with Crippen molar-refractivity contribution in [3.63, 3.8) is 0 Å². The fourth-order valence-corrected chi connectivity index (χ4v) is 5.34. The van der Waals surface area contributed by atoms with Crippen LogP contribution in [-0.2, 0) is 28.9 Å². The number of nitrogens with zero attached hydrogens (tertiary/aromatic N) is 1. The lowest BCUT2D eigenvalue weighted by Gasteiger charge is -2.33. The number of esters is 1. The molecule has 0 saturated heterocycles. The Kier molecular flexibility index (Phi) is 11.3. The quantitative estimate of drug-likeness (QED) is 0.210. The number of aryl methyl sites for hydroxylation is 1. The van der Waals surface area contributed by atoms with Gasteiger partial charge in [0.2, 0.25) is 0 Å². The van der Waals surface area contributed by atoms with E-state index < -0.39 is 11.7 Å². The molecule has 0 amide bonds. The summed E-state index contributed by atoms with van der Waals surface area (Å²) in [6.07, 6.45) is 3.25. The van der Waals surface area contributed by atoms with Crippen LogP contribution in [0.5, 0.6) is 5.75 Å². The third-order valence-electron chi connectivity index (χ3n) is 7.14. The largest absolute Gasteiger partial charge is 0.476 e. The van der Waals surface area contributed by atoms with Crippen molar-refractivity contribution in [2.24, 2.45) is 0 Å². The van der Waals surface area contributed by atoms with Crippen molar-refractivity contribution in [2.45, 2.75) is 70.7 Å². The minimum atomic E-state index is -1.07. The number of benzene rings is 3. The van der Waals surface area contributed by atoms with Crippen LogP contribution in [0.1, 0.15) is 62.0 Å². The SMILES string of the molecule is CCOC(=O)C(C)(C)Oc1ccc2c(c1)C[C@@H](N(Cc1ccccc1)C[C@H](O)c1cccc(Cl)c1)CCC2.Cl. The second-order valence-corrected chi connectivity index (χ2v) is 10.9. The highest BCUT2D eigenvalue weighted by molar-refractivity contribution is 6.30. The molecule has 1 aliphatic carbocycles. The summed E-state index contributed by atoms with van der Waals surface area (Å²) in [6.45, 7) is 6.82. The molecule has 1 aliphatic rings. The van der Waals surface area contributed by atoms with Gasteiger partial charge < -0.3 is 14.6 Å². The van der Waals surface area contributed by atoms with Gasteiger partial charge in [-0.3, -0.25) is 4.90 Å². The molecule has 0 unspecified atom stereocenters. The zero-order valence-electron chi connectivity index (χ0n) is 22.9. The average molecular weight is 573 g/mol. The molecule has 0 bridgehead atoms. The minimum Gasteiger partial charge on any atom is -0.476 e. The summed E-state index contributed by atoms with van der Waals surface area (Å²) in [5.41, 5.74) is 3.49. The standard InChI is InChI=1S/C32H38ClNO4.ClH/c1-4-37-31(36)32(2,3)38-29-17-16-24-12-9-15-28(19-26(24)20-29)34(21-23-10-6-5-7-11-23)22-30(35)25-13-8-14-27(33)18-25;/h5-8,10-11,13-14,16-18,20,28,30,35H,4,9,12,15,19,21-22H2,1-3H3;1H/t28-,30-;/m0./s1. The fraction of sp³-hybridized carbons (Fsp3) is 0.406. The molecule has 2 atom stereocenters. The summed E-state index contributed by atoms with van der Waals surface area (Å²) >= 11 is 6.21. The molecule has 5 nitrogen and oxygen atoms in total. The van der Waals surface area contributed by atoms with Crippen molar-refractivity contribution in [3.8, 4) is 5.75 Å². The average Bonchev–Trinajstić information content (AvgIpc) is 3.11. The number of hydrogen-bond donors (Lipinski definition) is 1. The molecule has 210 valence electrons. The maximum atomic E-state index is 12.4. The van der Waals surface area contributed by atoms with Gasteiger partial charge in [-0.15, -0.1) is 12.4 Å². The second kappa shape index (κ2) is 14.2. The maximum absolute atomic E-state index is 12.4. The molecule has 0 spiro atoms. The summed E-state index contributed by atoms with van der Waals surface area (Å²) in [7, 11) is 0. The van der Waals surface area contributed by atoms with Crippen LogP contribution >= 0.6 is 24.0 Å². The highest BCUT2D eigenvalue weighted by atomic mass is 35.5. The van der Waals surface area contributed by atoms with Crippen LogP contribution in [0.15, 0.2) is 72.8 Å². The van der Waals surface area contributed by atoms with Gasteiger partial charge >= 0.3 is 5.97 Å². The molecule has 0 aliphatic heterocycles. The van der Waals surface area contributed by atoms with Crippen molar-refractivity contribution >= 4 is 30.0 Å². The van der Waals surface area contributed by atoms with Gasteiger partial charge in [-0.25, -0.2) is 4.79 Å². The van der Waals surface area contributed by atoms with Crippen molar-refractivity contribution < 1.29 is 19.4 Å². The summed E-state index contributed by atoms with van der Waals surface area (Å²) in [5.74, 6) is 0.285. The van der Waals surface area contributed by atoms with E-state index in [-0.39, 0.29) is 24.4 Å². The fourth-order valence-electron chi connectivity index (χ4n) is 5.14. The summed E-state index contributed by atoms with van der Waals surface area (Å²) in [6, 6.07) is 24.2. The van der Waals surface area contributed by atoms with E-state index in [1.165, 1.54) is 16.7 Å². The number of rotatable bonds is 10. The lowest BCUT2D eigenvalue weighted by Crippen LogP contribution is -2.40. The molecule has 1 N–H and O–H groups in total. The van der Waals surface area contributed by atoms with Gasteiger partial charge in [0.05, 0.1) is 12.7 Å². The normalized spacial score (nSPS) is 16.0. The first-order valence-electron chi connectivity index (χ1n) is 13.4. The number of hydrogen-bond acceptors (Lipinski definition) is 5. The van der Waals surface area contributed by atoms with Crippen LogP contribution in [0.2, 0.25) is 5.02 Å². The van der Waals surface area contributed by atoms with Gasteiger partial charge in [0.15, 0.2) is 5.60 Å². The Morgan fingerprint density at radius 1 is 1.08 bits per heavy atom. The lowest BCUT2D eigenvalue weighted by molar-refractivity contribution is -0.158. The minimum absolute atomic E-state index is 0. The van der Waals surface area contributed by atoms with Crippen LogP contribution in [0.4, 0.5) is 0 Å². The van der Waals surface area contributed by atoms with Crippen LogP contribution in [0.3, 0.4) is 0 Å². The van der Waals surface area contributed by atoms with E-state index in [9.17, 15) is 9.90 Å². The summed E-state index contributed by atoms with van der Waals surface area (Å²) in [4.78, 5) is 14.8.